The second-order valence-corrected chi connectivity index (χ2v) is 3.37. The van der Waals surface area contributed by atoms with E-state index in [1.54, 1.807) is 0 Å². The van der Waals surface area contributed by atoms with E-state index in [1.165, 1.54) is 6.20 Å². The first kappa shape index (κ1) is 9.47. The molecule has 0 bridgehead atoms. The molecule has 0 spiro atoms. The highest BCUT2D eigenvalue weighted by molar-refractivity contribution is 7.11. The van der Waals surface area contributed by atoms with Crippen LogP contribution in [0.25, 0.3) is 0 Å². The van der Waals surface area contributed by atoms with E-state index < -0.39 is 12.6 Å². The molecule has 0 saturated heterocycles. The topological polar surface area (TPSA) is 33.1 Å². The van der Waals surface area contributed by atoms with Gasteiger partial charge in [0.05, 0.1) is 17.9 Å². The van der Waals surface area contributed by atoms with Crippen LogP contribution in [0, 0.1) is 0 Å². The predicted octanol–water partition coefficient (Wildman–Crippen LogP) is 1.74. The first-order valence-electron chi connectivity index (χ1n) is 3.12. The Labute approximate surface area is 70.7 Å². The number of thiazole rings is 1. The standard InChI is InChI=1S/C6H6F3NOS/c7-6(8,9)1-5-10-2-4(3-11)12-5/h2,11H,1,3H2. The minimum absolute atomic E-state index is 0.00782. The van der Waals surface area contributed by atoms with Crippen molar-refractivity contribution in [2.75, 3.05) is 0 Å². The average Bonchev–Trinajstić information content (AvgIpc) is 2.32. The van der Waals surface area contributed by atoms with Crippen LogP contribution in [-0.2, 0) is 13.0 Å². The Kier molecular flexibility index (Phi) is 2.69. The molecule has 1 aromatic heterocycles. The number of halogens is 3. The Balaban J connectivity index is 2.64. The van der Waals surface area contributed by atoms with Crippen LogP contribution in [0.5, 0.6) is 0 Å². The van der Waals surface area contributed by atoms with Crippen molar-refractivity contribution >= 4 is 11.3 Å². The lowest BCUT2D eigenvalue weighted by Gasteiger charge is -2.01. The van der Waals surface area contributed by atoms with Gasteiger partial charge in [-0.2, -0.15) is 13.2 Å². The van der Waals surface area contributed by atoms with Gasteiger partial charge in [-0.1, -0.05) is 0 Å². The van der Waals surface area contributed by atoms with Gasteiger partial charge in [0.1, 0.15) is 5.01 Å². The van der Waals surface area contributed by atoms with E-state index in [4.69, 9.17) is 5.11 Å². The molecule has 2 nitrogen and oxygen atoms in total. The summed E-state index contributed by atoms with van der Waals surface area (Å²) in [6, 6.07) is 0. The van der Waals surface area contributed by atoms with Crippen molar-refractivity contribution in [2.24, 2.45) is 0 Å². The summed E-state index contributed by atoms with van der Waals surface area (Å²) >= 11 is 0.879. The third-order valence-corrected chi connectivity index (χ3v) is 2.09. The zero-order chi connectivity index (χ0) is 9.19. The highest BCUT2D eigenvalue weighted by atomic mass is 32.1. The molecule has 12 heavy (non-hydrogen) atoms. The molecule has 0 atom stereocenters. The largest absolute Gasteiger partial charge is 0.395 e. The van der Waals surface area contributed by atoms with E-state index in [9.17, 15) is 13.2 Å². The fourth-order valence-electron chi connectivity index (χ4n) is 0.674. The molecule has 0 aliphatic heterocycles. The van der Waals surface area contributed by atoms with Crippen LogP contribution in [0.4, 0.5) is 13.2 Å². The summed E-state index contributed by atoms with van der Waals surface area (Å²) in [6.45, 7) is -0.254. The zero-order valence-electron chi connectivity index (χ0n) is 5.93. The van der Waals surface area contributed by atoms with E-state index in [-0.39, 0.29) is 11.6 Å². The normalized spacial score (nSPS) is 12.0. The van der Waals surface area contributed by atoms with Crippen molar-refractivity contribution in [3.05, 3.63) is 16.1 Å². The third-order valence-electron chi connectivity index (χ3n) is 1.11. The summed E-state index contributed by atoms with van der Waals surface area (Å²) in [7, 11) is 0. The first-order valence-corrected chi connectivity index (χ1v) is 3.94. The second-order valence-electron chi connectivity index (χ2n) is 2.17. The van der Waals surface area contributed by atoms with Crippen molar-refractivity contribution < 1.29 is 18.3 Å². The molecule has 1 aromatic rings. The molecule has 0 radical (unpaired) electrons. The van der Waals surface area contributed by atoms with Crippen molar-refractivity contribution in [1.82, 2.24) is 4.98 Å². The summed E-state index contributed by atoms with van der Waals surface area (Å²) in [5, 5.41) is 8.53. The summed E-state index contributed by atoms with van der Waals surface area (Å²) in [4.78, 5) is 3.96. The van der Waals surface area contributed by atoms with Crippen molar-refractivity contribution in [3.8, 4) is 0 Å². The molecule has 0 saturated carbocycles. The Morgan fingerprint density at radius 1 is 1.50 bits per heavy atom. The first-order chi connectivity index (χ1) is 5.51. The molecule has 68 valence electrons. The maximum atomic E-state index is 11.8. The number of aliphatic hydroxyl groups is 1. The lowest BCUT2D eigenvalue weighted by molar-refractivity contribution is -0.127. The van der Waals surface area contributed by atoms with E-state index >= 15 is 0 Å². The minimum atomic E-state index is -4.22. The van der Waals surface area contributed by atoms with Gasteiger partial charge in [-0.3, -0.25) is 0 Å². The molecule has 1 N–H and O–H groups in total. The fourth-order valence-corrected chi connectivity index (χ4v) is 1.49. The Morgan fingerprint density at radius 3 is 2.58 bits per heavy atom. The van der Waals surface area contributed by atoms with E-state index in [0.717, 1.165) is 11.3 Å². The van der Waals surface area contributed by atoms with Crippen LogP contribution in [0.2, 0.25) is 0 Å². The lowest BCUT2D eigenvalue weighted by atomic mass is 10.4. The molecule has 0 aliphatic carbocycles. The smallest absolute Gasteiger partial charge is 0.391 e. The van der Waals surface area contributed by atoms with Crippen molar-refractivity contribution in [3.63, 3.8) is 0 Å². The molecular weight excluding hydrogens is 191 g/mol. The molecule has 1 heterocycles. The van der Waals surface area contributed by atoms with Gasteiger partial charge >= 0.3 is 6.18 Å². The molecule has 6 heteroatoms. The number of hydrogen-bond donors (Lipinski definition) is 1. The number of nitrogens with zero attached hydrogens (tertiary/aromatic N) is 1. The van der Waals surface area contributed by atoms with Gasteiger partial charge < -0.3 is 5.11 Å². The number of aromatic nitrogens is 1. The average molecular weight is 197 g/mol. The molecule has 0 aromatic carbocycles. The van der Waals surface area contributed by atoms with Crippen LogP contribution >= 0.6 is 11.3 Å². The molecule has 0 unspecified atom stereocenters. The molecule has 0 fully saturated rings. The molecule has 0 amide bonds. The molecule has 0 aliphatic rings. The van der Waals surface area contributed by atoms with E-state index in [0.29, 0.717) is 4.88 Å². The second kappa shape index (κ2) is 3.40. The van der Waals surface area contributed by atoms with Crippen molar-refractivity contribution in [1.29, 1.82) is 0 Å². The molecule has 1 rings (SSSR count). The van der Waals surface area contributed by atoms with Gasteiger partial charge in [-0.25, -0.2) is 4.98 Å². The van der Waals surface area contributed by atoms with Gasteiger partial charge in [0.2, 0.25) is 0 Å². The highest BCUT2D eigenvalue weighted by Crippen LogP contribution is 2.24. The van der Waals surface area contributed by atoms with Gasteiger partial charge in [-0.15, -0.1) is 11.3 Å². The SMILES string of the molecule is OCc1cnc(CC(F)(F)F)s1. The van der Waals surface area contributed by atoms with E-state index in [2.05, 4.69) is 4.98 Å². The van der Waals surface area contributed by atoms with Crippen molar-refractivity contribution in [2.45, 2.75) is 19.2 Å². The zero-order valence-corrected chi connectivity index (χ0v) is 6.74. The molecular formula is C6H6F3NOS. The van der Waals surface area contributed by atoms with Gasteiger partial charge in [-0.05, 0) is 0 Å². The number of hydrogen-bond acceptors (Lipinski definition) is 3. The predicted molar refractivity (Wildman–Crippen MR) is 37.8 cm³/mol. The summed E-state index contributed by atoms with van der Waals surface area (Å²) in [5.74, 6) is 0. The van der Waals surface area contributed by atoms with Crippen LogP contribution < -0.4 is 0 Å². The lowest BCUT2D eigenvalue weighted by Crippen LogP contribution is -2.10. The van der Waals surface area contributed by atoms with E-state index in [1.807, 2.05) is 0 Å². The fraction of sp³-hybridized carbons (Fsp3) is 0.500. The Hall–Kier alpha value is -0.620. The number of rotatable bonds is 2. The summed E-state index contributed by atoms with van der Waals surface area (Å²) < 4.78 is 35.3. The van der Waals surface area contributed by atoms with Crippen LogP contribution in [0.15, 0.2) is 6.20 Å². The number of aliphatic hydroxyl groups excluding tert-OH is 1. The third kappa shape index (κ3) is 2.78. The van der Waals surface area contributed by atoms with Crippen LogP contribution in [-0.4, -0.2) is 16.3 Å². The summed E-state index contributed by atoms with van der Waals surface area (Å²) in [6.07, 6.45) is -3.98. The minimum Gasteiger partial charge on any atom is -0.391 e. The highest BCUT2D eigenvalue weighted by Gasteiger charge is 2.29. The maximum absolute atomic E-state index is 11.8. The maximum Gasteiger partial charge on any atom is 0.395 e. The summed E-state index contributed by atoms with van der Waals surface area (Å²) in [5.41, 5.74) is 0. The van der Waals surface area contributed by atoms with Gasteiger partial charge in [0.25, 0.3) is 0 Å². The Morgan fingerprint density at radius 2 is 2.17 bits per heavy atom. The van der Waals surface area contributed by atoms with Gasteiger partial charge in [0.15, 0.2) is 0 Å². The van der Waals surface area contributed by atoms with Gasteiger partial charge in [0, 0.05) is 6.20 Å². The van der Waals surface area contributed by atoms with Crippen LogP contribution in [0.3, 0.4) is 0 Å². The monoisotopic (exact) mass is 197 g/mol. The van der Waals surface area contributed by atoms with Crippen LogP contribution in [0.1, 0.15) is 9.88 Å². The Bertz CT molecular complexity index is 258. The quantitative estimate of drug-likeness (QED) is 0.783. The number of alkyl halides is 3.